The van der Waals surface area contributed by atoms with Gasteiger partial charge in [-0.2, -0.15) is 0 Å². The molecule has 5 nitrogen and oxygen atoms in total. The van der Waals surface area contributed by atoms with Gasteiger partial charge in [-0.1, -0.05) is 36.7 Å². The van der Waals surface area contributed by atoms with E-state index in [-0.39, 0.29) is 36.8 Å². The van der Waals surface area contributed by atoms with Crippen molar-refractivity contribution in [2.24, 2.45) is 0 Å². The van der Waals surface area contributed by atoms with E-state index in [4.69, 9.17) is 16.3 Å². The van der Waals surface area contributed by atoms with Crippen molar-refractivity contribution < 1.29 is 18.7 Å². The standard InChI is InChI=1S/C22H26ClFN2O3/c1-4-20(22(28)25-15(2)3)26(13-16-7-5-6-8-19(16)23)21(27)14-29-18-11-9-17(24)10-12-18/h5-12,15,20H,4,13-14H2,1-3H3,(H,25,28). The fraction of sp³-hybridized carbons (Fsp3) is 0.364. The first-order valence-electron chi connectivity index (χ1n) is 9.53. The molecule has 0 radical (unpaired) electrons. The first-order valence-corrected chi connectivity index (χ1v) is 9.91. The normalized spacial score (nSPS) is 11.8. The fourth-order valence-corrected chi connectivity index (χ4v) is 3.06. The summed E-state index contributed by atoms with van der Waals surface area (Å²) in [5, 5.41) is 3.38. The van der Waals surface area contributed by atoms with Crippen LogP contribution >= 0.6 is 11.6 Å². The second-order valence-electron chi connectivity index (χ2n) is 6.94. The summed E-state index contributed by atoms with van der Waals surface area (Å²) in [6.07, 6.45) is 0.436. The van der Waals surface area contributed by atoms with Gasteiger partial charge in [0.15, 0.2) is 6.61 Å². The highest BCUT2D eigenvalue weighted by molar-refractivity contribution is 6.31. The molecule has 1 unspecified atom stereocenters. The Balaban J connectivity index is 2.21. The number of hydrogen-bond acceptors (Lipinski definition) is 3. The average molecular weight is 421 g/mol. The van der Waals surface area contributed by atoms with Crippen LogP contribution in [0.15, 0.2) is 48.5 Å². The van der Waals surface area contributed by atoms with Crippen LogP contribution in [0.1, 0.15) is 32.8 Å². The topological polar surface area (TPSA) is 58.6 Å². The van der Waals surface area contributed by atoms with Crippen LogP contribution in [0.5, 0.6) is 5.75 Å². The lowest BCUT2D eigenvalue weighted by atomic mass is 10.1. The zero-order chi connectivity index (χ0) is 21.4. The Bertz CT molecular complexity index is 827. The van der Waals surface area contributed by atoms with E-state index in [1.807, 2.05) is 32.9 Å². The largest absolute Gasteiger partial charge is 0.484 e. The van der Waals surface area contributed by atoms with E-state index in [2.05, 4.69) is 5.32 Å². The number of carbonyl (C=O) groups is 2. The predicted molar refractivity (Wildman–Crippen MR) is 111 cm³/mol. The number of hydrogen-bond donors (Lipinski definition) is 1. The Morgan fingerprint density at radius 1 is 1.14 bits per heavy atom. The third-order valence-electron chi connectivity index (χ3n) is 4.29. The van der Waals surface area contributed by atoms with E-state index in [0.29, 0.717) is 17.2 Å². The molecule has 156 valence electrons. The minimum absolute atomic E-state index is 0.0516. The van der Waals surface area contributed by atoms with E-state index < -0.39 is 6.04 Å². The molecule has 1 N–H and O–H groups in total. The predicted octanol–water partition coefficient (Wildman–Crippen LogP) is 4.19. The molecule has 2 aromatic rings. The molecule has 0 saturated carbocycles. The van der Waals surface area contributed by atoms with E-state index in [1.54, 1.807) is 12.1 Å². The lowest BCUT2D eigenvalue weighted by Crippen LogP contribution is -2.51. The molecule has 0 aromatic heterocycles. The summed E-state index contributed by atoms with van der Waals surface area (Å²) in [4.78, 5) is 27.2. The molecule has 0 spiro atoms. The highest BCUT2D eigenvalue weighted by atomic mass is 35.5. The van der Waals surface area contributed by atoms with Gasteiger partial charge in [0.25, 0.3) is 5.91 Å². The highest BCUT2D eigenvalue weighted by Gasteiger charge is 2.29. The molecule has 0 heterocycles. The number of rotatable bonds is 9. The van der Waals surface area contributed by atoms with Gasteiger partial charge in [-0.25, -0.2) is 4.39 Å². The van der Waals surface area contributed by atoms with Gasteiger partial charge in [0.2, 0.25) is 5.91 Å². The Hall–Kier alpha value is -2.60. The molecule has 2 aromatic carbocycles. The van der Waals surface area contributed by atoms with Crippen LogP contribution in [0.3, 0.4) is 0 Å². The summed E-state index contributed by atoms with van der Waals surface area (Å²) in [5.41, 5.74) is 0.736. The van der Waals surface area contributed by atoms with Gasteiger partial charge < -0.3 is 15.0 Å². The Morgan fingerprint density at radius 2 is 1.79 bits per heavy atom. The van der Waals surface area contributed by atoms with Gasteiger partial charge in [0, 0.05) is 17.6 Å². The SMILES string of the molecule is CCC(C(=O)NC(C)C)N(Cc1ccccc1Cl)C(=O)COc1ccc(F)cc1. The summed E-state index contributed by atoms with van der Waals surface area (Å²) >= 11 is 6.27. The molecule has 2 rings (SSSR count). The number of nitrogens with one attached hydrogen (secondary N) is 1. The summed E-state index contributed by atoms with van der Waals surface area (Å²) < 4.78 is 18.6. The number of amides is 2. The number of halogens is 2. The van der Waals surface area contributed by atoms with Gasteiger partial charge in [-0.3, -0.25) is 9.59 Å². The van der Waals surface area contributed by atoms with Gasteiger partial charge in [-0.15, -0.1) is 0 Å². The van der Waals surface area contributed by atoms with Crippen molar-refractivity contribution in [2.75, 3.05) is 6.61 Å². The quantitative estimate of drug-likeness (QED) is 0.661. The third-order valence-corrected chi connectivity index (χ3v) is 4.66. The summed E-state index contributed by atoms with van der Waals surface area (Å²) in [6, 6.07) is 11.9. The van der Waals surface area contributed by atoms with Crippen LogP contribution in [0.2, 0.25) is 5.02 Å². The van der Waals surface area contributed by atoms with E-state index in [0.717, 1.165) is 5.56 Å². The second-order valence-corrected chi connectivity index (χ2v) is 7.35. The van der Waals surface area contributed by atoms with Gasteiger partial charge >= 0.3 is 0 Å². The maximum atomic E-state index is 13.1. The molecule has 0 saturated heterocycles. The maximum absolute atomic E-state index is 13.1. The molecular formula is C22H26ClFN2O3. The third kappa shape index (κ3) is 6.75. The first kappa shape index (κ1) is 22.7. The molecule has 0 bridgehead atoms. The van der Waals surface area contributed by atoms with Crippen LogP contribution in [-0.4, -0.2) is 35.4 Å². The molecule has 0 aliphatic carbocycles. The number of nitrogens with zero attached hydrogens (tertiary/aromatic N) is 1. The monoisotopic (exact) mass is 420 g/mol. The average Bonchev–Trinajstić information content (AvgIpc) is 2.68. The number of ether oxygens (including phenoxy) is 1. The fourth-order valence-electron chi connectivity index (χ4n) is 2.87. The van der Waals surface area contributed by atoms with Crippen molar-refractivity contribution in [2.45, 2.75) is 45.8 Å². The van der Waals surface area contributed by atoms with E-state index in [9.17, 15) is 14.0 Å². The van der Waals surface area contributed by atoms with E-state index >= 15 is 0 Å². The zero-order valence-corrected chi connectivity index (χ0v) is 17.6. The van der Waals surface area contributed by atoms with Crippen LogP contribution in [0, 0.1) is 5.82 Å². The van der Waals surface area contributed by atoms with Crippen molar-refractivity contribution in [3.05, 3.63) is 64.9 Å². The van der Waals surface area contributed by atoms with Gasteiger partial charge in [0.05, 0.1) is 0 Å². The molecular weight excluding hydrogens is 395 g/mol. The minimum atomic E-state index is -0.669. The maximum Gasteiger partial charge on any atom is 0.261 e. The Labute approximate surface area is 175 Å². The lowest BCUT2D eigenvalue weighted by molar-refractivity contribution is -0.143. The van der Waals surface area contributed by atoms with Crippen molar-refractivity contribution in [1.82, 2.24) is 10.2 Å². The number of carbonyl (C=O) groups excluding carboxylic acids is 2. The van der Waals surface area contributed by atoms with Gasteiger partial charge in [-0.05, 0) is 56.2 Å². The van der Waals surface area contributed by atoms with Crippen LogP contribution in [-0.2, 0) is 16.1 Å². The summed E-state index contributed by atoms with van der Waals surface area (Å²) in [5.74, 6) is -0.609. The van der Waals surface area contributed by atoms with Crippen LogP contribution in [0.4, 0.5) is 4.39 Å². The molecule has 2 amide bonds. The first-order chi connectivity index (χ1) is 13.8. The summed E-state index contributed by atoms with van der Waals surface area (Å²) in [7, 11) is 0. The lowest BCUT2D eigenvalue weighted by Gasteiger charge is -2.31. The Morgan fingerprint density at radius 3 is 2.38 bits per heavy atom. The molecule has 0 aliphatic rings. The van der Waals surface area contributed by atoms with Crippen molar-refractivity contribution in [3.8, 4) is 5.75 Å². The van der Waals surface area contributed by atoms with Crippen molar-refractivity contribution >= 4 is 23.4 Å². The molecule has 7 heteroatoms. The van der Waals surface area contributed by atoms with E-state index in [1.165, 1.54) is 29.2 Å². The molecule has 29 heavy (non-hydrogen) atoms. The van der Waals surface area contributed by atoms with Crippen LogP contribution in [0.25, 0.3) is 0 Å². The molecule has 0 aliphatic heterocycles. The van der Waals surface area contributed by atoms with Crippen LogP contribution < -0.4 is 10.1 Å². The minimum Gasteiger partial charge on any atom is -0.484 e. The second kappa shape index (κ2) is 10.8. The van der Waals surface area contributed by atoms with Crippen molar-refractivity contribution in [3.63, 3.8) is 0 Å². The highest BCUT2D eigenvalue weighted by Crippen LogP contribution is 2.20. The van der Waals surface area contributed by atoms with Gasteiger partial charge in [0.1, 0.15) is 17.6 Å². The Kier molecular flexibility index (Phi) is 8.46. The smallest absolute Gasteiger partial charge is 0.261 e. The zero-order valence-electron chi connectivity index (χ0n) is 16.8. The summed E-state index contributed by atoms with van der Waals surface area (Å²) in [6.45, 7) is 5.47. The molecule has 1 atom stereocenters. The van der Waals surface area contributed by atoms with Crippen molar-refractivity contribution in [1.29, 1.82) is 0 Å². The molecule has 0 fully saturated rings. The number of benzene rings is 2.